The Morgan fingerprint density at radius 3 is 2.20 bits per heavy atom. The Labute approximate surface area is 152 Å². The standard InChI is InChI=1S/C23H30O2/c1-16-9-8-10-17(14-24)21(16)25-15-18-13-19(22(2,3)4)11-12-20(18)23(5,6)7/h8-14H,15H2,1-7H3. The molecule has 0 aliphatic rings. The maximum atomic E-state index is 11.3. The molecule has 0 amide bonds. The van der Waals surface area contributed by atoms with Crippen LogP contribution in [-0.4, -0.2) is 6.29 Å². The summed E-state index contributed by atoms with van der Waals surface area (Å²) in [5, 5.41) is 0. The van der Waals surface area contributed by atoms with Gasteiger partial charge >= 0.3 is 0 Å². The van der Waals surface area contributed by atoms with E-state index in [1.807, 2.05) is 19.1 Å². The summed E-state index contributed by atoms with van der Waals surface area (Å²) >= 11 is 0. The first kappa shape index (κ1) is 19.2. The highest BCUT2D eigenvalue weighted by Gasteiger charge is 2.22. The second-order valence-electron chi connectivity index (χ2n) is 8.77. The van der Waals surface area contributed by atoms with E-state index in [4.69, 9.17) is 4.74 Å². The van der Waals surface area contributed by atoms with Crippen LogP contribution in [0.4, 0.5) is 0 Å². The fraction of sp³-hybridized carbons (Fsp3) is 0.435. The predicted octanol–water partition coefficient (Wildman–Crippen LogP) is 5.98. The summed E-state index contributed by atoms with van der Waals surface area (Å²) in [7, 11) is 0. The number of aryl methyl sites for hydroxylation is 1. The lowest BCUT2D eigenvalue weighted by Gasteiger charge is -2.27. The molecule has 0 aliphatic carbocycles. The molecule has 0 fully saturated rings. The largest absolute Gasteiger partial charge is 0.488 e. The summed E-state index contributed by atoms with van der Waals surface area (Å²) in [5.74, 6) is 0.679. The first-order valence-corrected chi connectivity index (χ1v) is 8.85. The van der Waals surface area contributed by atoms with Crippen molar-refractivity contribution in [2.75, 3.05) is 0 Å². The number of hydrogen-bond donors (Lipinski definition) is 0. The Bertz CT molecular complexity index is 759. The van der Waals surface area contributed by atoms with Crippen LogP contribution in [0.1, 0.15) is 74.2 Å². The van der Waals surface area contributed by atoms with Crippen molar-refractivity contribution in [3.8, 4) is 5.75 Å². The number of carbonyl (C=O) groups is 1. The summed E-state index contributed by atoms with van der Waals surface area (Å²) in [6.07, 6.45) is 0.860. The van der Waals surface area contributed by atoms with Crippen molar-refractivity contribution in [2.45, 2.75) is 65.9 Å². The molecule has 0 saturated carbocycles. The Balaban J connectivity index is 2.42. The van der Waals surface area contributed by atoms with Crippen LogP contribution >= 0.6 is 0 Å². The van der Waals surface area contributed by atoms with Crippen LogP contribution in [0.3, 0.4) is 0 Å². The van der Waals surface area contributed by atoms with Gasteiger partial charge in [0.2, 0.25) is 0 Å². The van der Waals surface area contributed by atoms with Crippen LogP contribution in [-0.2, 0) is 17.4 Å². The fourth-order valence-electron chi connectivity index (χ4n) is 3.03. The number of aldehydes is 1. The van der Waals surface area contributed by atoms with E-state index in [1.165, 1.54) is 16.7 Å². The van der Waals surface area contributed by atoms with E-state index in [2.05, 4.69) is 59.7 Å². The molecule has 2 nitrogen and oxygen atoms in total. The molecule has 0 atom stereocenters. The zero-order valence-corrected chi connectivity index (χ0v) is 16.6. The quantitative estimate of drug-likeness (QED) is 0.641. The topological polar surface area (TPSA) is 26.3 Å². The minimum Gasteiger partial charge on any atom is -0.488 e. The maximum absolute atomic E-state index is 11.3. The highest BCUT2D eigenvalue weighted by atomic mass is 16.5. The molecule has 2 heteroatoms. The SMILES string of the molecule is Cc1cccc(C=O)c1OCc1cc(C(C)(C)C)ccc1C(C)(C)C. The lowest BCUT2D eigenvalue weighted by atomic mass is 9.79. The molecule has 0 bridgehead atoms. The summed E-state index contributed by atoms with van der Waals surface area (Å²) in [6, 6.07) is 12.3. The molecule has 0 saturated heterocycles. The van der Waals surface area contributed by atoms with Crippen molar-refractivity contribution in [2.24, 2.45) is 0 Å². The number of benzene rings is 2. The van der Waals surface area contributed by atoms with Crippen molar-refractivity contribution in [1.29, 1.82) is 0 Å². The van der Waals surface area contributed by atoms with Crippen LogP contribution < -0.4 is 4.74 Å². The average Bonchev–Trinajstić information content (AvgIpc) is 2.51. The Hall–Kier alpha value is -2.09. The third-order valence-electron chi connectivity index (χ3n) is 4.52. The Morgan fingerprint density at radius 2 is 1.64 bits per heavy atom. The fourth-order valence-corrected chi connectivity index (χ4v) is 3.03. The summed E-state index contributed by atoms with van der Waals surface area (Å²) in [4.78, 5) is 11.3. The summed E-state index contributed by atoms with van der Waals surface area (Å²) in [6.45, 7) is 15.7. The molecule has 2 aromatic carbocycles. The smallest absolute Gasteiger partial charge is 0.153 e. The molecule has 0 N–H and O–H groups in total. The molecular formula is C23H30O2. The van der Waals surface area contributed by atoms with Crippen molar-refractivity contribution >= 4 is 6.29 Å². The maximum Gasteiger partial charge on any atom is 0.153 e. The van der Waals surface area contributed by atoms with Gasteiger partial charge in [-0.3, -0.25) is 4.79 Å². The normalized spacial score (nSPS) is 12.1. The molecule has 0 radical (unpaired) electrons. The Morgan fingerprint density at radius 1 is 0.960 bits per heavy atom. The molecule has 134 valence electrons. The number of carbonyl (C=O) groups excluding carboxylic acids is 1. The predicted molar refractivity (Wildman–Crippen MR) is 105 cm³/mol. The minimum absolute atomic E-state index is 0.0360. The molecule has 0 spiro atoms. The van der Waals surface area contributed by atoms with Gasteiger partial charge in [0.15, 0.2) is 6.29 Å². The monoisotopic (exact) mass is 338 g/mol. The molecule has 2 rings (SSSR count). The highest BCUT2D eigenvalue weighted by Crippen LogP contribution is 2.32. The van der Waals surface area contributed by atoms with E-state index in [1.54, 1.807) is 6.07 Å². The molecular weight excluding hydrogens is 308 g/mol. The van der Waals surface area contributed by atoms with E-state index in [0.717, 1.165) is 11.8 Å². The van der Waals surface area contributed by atoms with Crippen LogP contribution in [0.5, 0.6) is 5.75 Å². The number of para-hydroxylation sites is 1. The van der Waals surface area contributed by atoms with Crippen LogP contribution in [0.2, 0.25) is 0 Å². The molecule has 0 heterocycles. The third kappa shape index (κ3) is 4.50. The van der Waals surface area contributed by atoms with Gasteiger partial charge in [-0.25, -0.2) is 0 Å². The van der Waals surface area contributed by atoms with Crippen LogP contribution in [0.15, 0.2) is 36.4 Å². The van der Waals surface area contributed by atoms with E-state index < -0.39 is 0 Å². The van der Waals surface area contributed by atoms with Gasteiger partial charge in [-0.05, 0) is 46.1 Å². The van der Waals surface area contributed by atoms with Gasteiger partial charge in [-0.15, -0.1) is 0 Å². The van der Waals surface area contributed by atoms with Gasteiger partial charge < -0.3 is 4.74 Å². The molecule has 0 aromatic heterocycles. The Kier molecular flexibility index (Phi) is 5.41. The van der Waals surface area contributed by atoms with E-state index >= 15 is 0 Å². The van der Waals surface area contributed by atoms with E-state index in [9.17, 15) is 4.79 Å². The van der Waals surface area contributed by atoms with Crippen LogP contribution in [0.25, 0.3) is 0 Å². The third-order valence-corrected chi connectivity index (χ3v) is 4.52. The molecule has 0 unspecified atom stereocenters. The number of ether oxygens (including phenoxy) is 1. The van der Waals surface area contributed by atoms with E-state index in [-0.39, 0.29) is 10.8 Å². The van der Waals surface area contributed by atoms with Gasteiger partial charge in [0.25, 0.3) is 0 Å². The average molecular weight is 338 g/mol. The molecule has 2 aromatic rings. The first-order valence-electron chi connectivity index (χ1n) is 8.85. The van der Waals surface area contributed by atoms with Gasteiger partial charge in [-0.2, -0.15) is 0 Å². The van der Waals surface area contributed by atoms with Gasteiger partial charge in [0.1, 0.15) is 12.4 Å². The van der Waals surface area contributed by atoms with Crippen molar-refractivity contribution in [3.05, 3.63) is 64.2 Å². The second-order valence-corrected chi connectivity index (χ2v) is 8.77. The van der Waals surface area contributed by atoms with Crippen molar-refractivity contribution in [3.63, 3.8) is 0 Å². The van der Waals surface area contributed by atoms with Crippen molar-refractivity contribution in [1.82, 2.24) is 0 Å². The minimum atomic E-state index is 0.0360. The van der Waals surface area contributed by atoms with Crippen LogP contribution in [0, 0.1) is 6.92 Å². The highest BCUT2D eigenvalue weighted by molar-refractivity contribution is 5.80. The zero-order valence-electron chi connectivity index (χ0n) is 16.6. The van der Waals surface area contributed by atoms with Gasteiger partial charge in [0, 0.05) is 0 Å². The first-order chi connectivity index (χ1) is 11.5. The lowest BCUT2D eigenvalue weighted by Crippen LogP contribution is -2.18. The van der Waals surface area contributed by atoms with Crippen molar-refractivity contribution < 1.29 is 9.53 Å². The lowest BCUT2D eigenvalue weighted by molar-refractivity contribution is 0.111. The number of rotatable bonds is 4. The van der Waals surface area contributed by atoms with Gasteiger partial charge in [-0.1, -0.05) is 71.9 Å². The zero-order chi connectivity index (χ0) is 18.8. The van der Waals surface area contributed by atoms with Gasteiger partial charge in [0.05, 0.1) is 5.56 Å². The summed E-state index contributed by atoms with van der Waals surface area (Å²) < 4.78 is 6.12. The summed E-state index contributed by atoms with van der Waals surface area (Å²) in [5.41, 5.74) is 5.45. The second kappa shape index (κ2) is 7.03. The molecule has 25 heavy (non-hydrogen) atoms. The number of hydrogen-bond acceptors (Lipinski definition) is 2. The van der Waals surface area contributed by atoms with E-state index in [0.29, 0.717) is 17.9 Å². The molecule has 0 aliphatic heterocycles.